The van der Waals surface area contributed by atoms with Gasteiger partial charge in [0.2, 0.25) is 0 Å². The number of amides is 1. The standard InChI is InChI=1S/C30H31N5O4S2/c1-19-18-32-27(33-26(19)31)22-8-9-24(39-15-14-34-11-2-3-12-34)23(16-22)17-25-28(36)35(30(40)41-25)13-10-20-4-6-21(7-5-20)29(37)38/h4-9,16-18H,2-3,10-15H2,1H3,(H,37,38)(H2,31,32,33). The first kappa shape index (κ1) is 28.7. The zero-order chi connectivity index (χ0) is 28.9. The van der Waals surface area contributed by atoms with E-state index in [-0.39, 0.29) is 11.5 Å². The zero-order valence-corrected chi connectivity index (χ0v) is 24.3. The second-order valence-electron chi connectivity index (χ2n) is 10.00. The zero-order valence-electron chi connectivity index (χ0n) is 22.7. The number of aromatic carboxylic acids is 1. The fourth-order valence-electron chi connectivity index (χ4n) is 4.71. The van der Waals surface area contributed by atoms with Crippen molar-refractivity contribution < 1.29 is 19.4 Å². The Morgan fingerprint density at radius 3 is 2.63 bits per heavy atom. The maximum atomic E-state index is 13.4. The molecule has 11 heteroatoms. The first-order valence-electron chi connectivity index (χ1n) is 13.4. The molecule has 3 heterocycles. The van der Waals surface area contributed by atoms with Gasteiger partial charge < -0.3 is 15.6 Å². The van der Waals surface area contributed by atoms with Crippen LogP contribution in [0.1, 0.15) is 39.9 Å². The number of carbonyl (C=O) groups is 2. The van der Waals surface area contributed by atoms with E-state index in [2.05, 4.69) is 14.9 Å². The first-order valence-corrected chi connectivity index (χ1v) is 14.7. The van der Waals surface area contributed by atoms with Crippen molar-refractivity contribution in [2.45, 2.75) is 26.2 Å². The molecule has 41 heavy (non-hydrogen) atoms. The smallest absolute Gasteiger partial charge is 0.335 e. The molecule has 3 N–H and O–H groups in total. The van der Waals surface area contributed by atoms with Gasteiger partial charge in [-0.15, -0.1) is 0 Å². The van der Waals surface area contributed by atoms with E-state index < -0.39 is 5.97 Å². The summed E-state index contributed by atoms with van der Waals surface area (Å²) < 4.78 is 6.68. The molecule has 1 aromatic heterocycles. The summed E-state index contributed by atoms with van der Waals surface area (Å²) in [6, 6.07) is 12.3. The van der Waals surface area contributed by atoms with Crippen LogP contribution in [-0.2, 0) is 11.2 Å². The lowest BCUT2D eigenvalue weighted by Crippen LogP contribution is -2.30. The number of carboxylic acids is 1. The van der Waals surface area contributed by atoms with Crippen LogP contribution in [0.2, 0.25) is 0 Å². The van der Waals surface area contributed by atoms with Crippen LogP contribution in [0.4, 0.5) is 5.82 Å². The number of aromatic nitrogens is 2. The van der Waals surface area contributed by atoms with Crippen molar-refractivity contribution in [3.63, 3.8) is 0 Å². The monoisotopic (exact) mass is 589 g/mol. The number of thiocarbonyl (C=S) groups is 1. The topological polar surface area (TPSA) is 122 Å². The predicted octanol–water partition coefficient (Wildman–Crippen LogP) is 4.65. The molecule has 5 rings (SSSR count). The number of benzene rings is 2. The fourth-order valence-corrected chi connectivity index (χ4v) is 6.01. The third-order valence-corrected chi connectivity index (χ3v) is 8.51. The van der Waals surface area contributed by atoms with Gasteiger partial charge in [0.05, 0.1) is 10.5 Å². The lowest BCUT2D eigenvalue weighted by molar-refractivity contribution is -0.122. The molecule has 0 saturated carbocycles. The largest absolute Gasteiger partial charge is 0.492 e. The van der Waals surface area contributed by atoms with Gasteiger partial charge in [0.1, 0.15) is 22.5 Å². The van der Waals surface area contributed by atoms with E-state index >= 15 is 0 Å². The van der Waals surface area contributed by atoms with E-state index in [4.69, 9.17) is 27.8 Å². The third-order valence-electron chi connectivity index (χ3n) is 7.13. The van der Waals surface area contributed by atoms with E-state index in [1.807, 2.05) is 31.2 Å². The number of nitrogens with two attached hydrogens (primary N) is 1. The molecule has 0 spiro atoms. The second kappa shape index (κ2) is 12.8. The highest BCUT2D eigenvalue weighted by Gasteiger charge is 2.32. The Labute approximate surface area is 248 Å². The molecule has 0 unspecified atom stereocenters. The van der Waals surface area contributed by atoms with Gasteiger partial charge >= 0.3 is 5.97 Å². The van der Waals surface area contributed by atoms with Crippen LogP contribution in [0.25, 0.3) is 17.5 Å². The Hall–Kier alpha value is -3.80. The molecule has 3 aromatic rings. The Kier molecular flexibility index (Phi) is 8.96. The van der Waals surface area contributed by atoms with E-state index in [9.17, 15) is 9.59 Å². The van der Waals surface area contributed by atoms with Gasteiger partial charge in [-0.25, -0.2) is 14.8 Å². The summed E-state index contributed by atoms with van der Waals surface area (Å²) in [7, 11) is 0. The number of rotatable bonds is 10. The number of aryl methyl sites for hydroxylation is 1. The number of hydrogen-bond acceptors (Lipinski definition) is 9. The fraction of sp³-hybridized carbons (Fsp3) is 0.300. The average Bonchev–Trinajstić information content (AvgIpc) is 3.57. The van der Waals surface area contributed by atoms with Gasteiger partial charge in [-0.05, 0) is 81.2 Å². The van der Waals surface area contributed by atoms with Crippen LogP contribution < -0.4 is 10.5 Å². The summed E-state index contributed by atoms with van der Waals surface area (Å²) in [5, 5.41) is 9.12. The van der Waals surface area contributed by atoms with Gasteiger partial charge in [-0.3, -0.25) is 14.6 Å². The van der Waals surface area contributed by atoms with Crippen molar-refractivity contribution in [2.24, 2.45) is 0 Å². The summed E-state index contributed by atoms with van der Waals surface area (Å²) in [5.41, 5.74) is 9.48. The normalized spacial score (nSPS) is 16.6. The minimum absolute atomic E-state index is 0.175. The number of anilines is 1. The quantitative estimate of drug-likeness (QED) is 0.255. The molecule has 2 fully saturated rings. The van der Waals surface area contributed by atoms with Gasteiger partial charge in [0.15, 0.2) is 5.82 Å². The molecule has 1 amide bonds. The van der Waals surface area contributed by atoms with E-state index in [1.54, 1.807) is 35.4 Å². The Morgan fingerprint density at radius 2 is 1.93 bits per heavy atom. The van der Waals surface area contributed by atoms with Crippen molar-refractivity contribution in [3.8, 4) is 17.1 Å². The van der Waals surface area contributed by atoms with Crippen LogP contribution in [0.5, 0.6) is 5.75 Å². The highest BCUT2D eigenvalue weighted by atomic mass is 32.2. The minimum Gasteiger partial charge on any atom is -0.492 e. The number of hydrogen-bond donors (Lipinski definition) is 2. The molecule has 2 aliphatic rings. The SMILES string of the molecule is Cc1cnc(-c2ccc(OCCN3CCCC3)c(C=C3SC(=S)N(CCc4ccc(C(=O)O)cc4)C3=O)c2)nc1N. The minimum atomic E-state index is -0.973. The van der Waals surface area contributed by atoms with Crippen molar-refractivity contribution in [1.82, 2.24) is 19.8 Å². The third kappa shape index (κ3) is 6.92. The molecule has 212 valence electrons. The number of thioether (sulfide) groups is 1. The number of nitrogens with zero attached hydrogens (tertiary/aromatic N) is 4. The highest BCUT2D eigenvalue weighted by Crippen LogP contribution is 2.35. The van der Waals surface area contributed by atoms with Crippen molar-refractivity contribution >= 4 is 52.1 Å². The van der Waals surface area contributed by atoms with Crippen molar-refractivity contribution in [1.29, 1.82) is 0 Å². The number of carbonyl (C=O) groups excluding carboxylic acids is 1. The van der Waals surface area contributed by atoms with Crippen LogP contribution >= 0.6 is 24.0 Å². The summed E-state index contributed by atoms with van der Waals surface area (Å²) >= 11 is 6.81. The van der Waals surface area contributed by atoms with Gasteiger partial charge in [-0.2, -0.15) is 0 Å². The Bertz CT molecular complexity index is 1500. The van der Waals surface area contributed by atoms with E-state index in [0.717, 1.165) is 41.9 Å². The van der Waals surface area contributed by atoms with Gasteiger partial charge in [-0.1, -0.05) is 36.1 Å². The summed E-state index contributed by atoms with van der Waals surface area (Å²) in [6.07, 6.45) is 6.49. The molecule has 2 aromatic carbocycles. The number of ether oxygens (including phenoxy) is 1. The number of carboxylic acid groups (broad SMARTS) is 1. The molecule has 0 aliphatic carbocycles. The molecule has 0 radical (unpaired) electrons. The number of likely N-dealkylation sites (tertiary alicyclic amines) is 1. The summed E-state index contributed by atoms with van der Waals surface area (Å²) in [4.78, 5) is 37.9. The molecular formula is C30H31N5O4S2. The second-order valence-corrected chi connectivity index (χ2v) is 11.7. The van der Waals surface area contributed by atoms with Crippen LogP contribution in [-0.4, -0.2) is 73.9 Å². The van der Waals surface area contributed by atoms with E-state index in [0.29, 0.717) is 46.2 Å². The van der Waals surface area contributed by atoms with Crippen LogP contribution in [0, 0.1) is 6.92 Å². The predicted molar refractivity (Wildman–Crippen MR) is 165 cm³/mol. The lowest BCUT2D eigenvalue weighted by atomic mass is 10.1. The average molecular weight is 590 g/mol. The molecule has 2 aliphatic heterocycles. The van der Waals surface area contributed by atoms with Crippen LogP contribution in [0.15, 0.2) is 53.6 Å². The number of nitrogen functional groups attached to an aromatic ring is 1. The molecule has 0 bridgehead atoms. The first-order chi connectivity index (χ1) is 19.8. The maximum absolute atomic E-state index is 13.4. The molecule has 0 atom stereocenters. The van der Waals surface area contributed by atoms with Crippen molar-refractivity contribution in [2.75, 3.05) is 38.5 Å². The Balaban J connectivity index is 1.36. The maximum Gasteiger partial charge on any atom is 0.335 e. The molecule has 2 saturated heterocycles. The Morgan fingerprint density at radius 1 is 1.17 bits per heavy atom. The van der Waals surface area contributed by atoms with Gasteiger partial charge in [0.25, 0.3) is 5.91 Å². The molecular weight excluding hydrogens is 558 g/mol. The van der Waals surface area contributed by atoms with E-state index in [1.165, 1.54) is 24.6 Å². The van der Waals surface area contributed by atoms with Crippen LogP contribution in [0.3, 0.4) is 0 Å². The van der Waals surface area contributed by atoms with Crippen molar-refractivity contribution in [3.05, 3.63) is 75.8 Å². The highest BCUT2D eigenvalue weighted by molar-refractivity contribution is 8.26. The van der Waals surface area contributed by atoms with Gasteiger partial charge in [0, 0.05) is 36.0 Å². The summed E-state index contributed by atoms with van der Waals surface area (Å²) in [5.74, 6) is 0.427. The lowest BCUT2D eigenvalue weighted by Gasteiger charge is -2.16. The summed E-state index contributed by atoms with van der Waals surface area (Å²) in [6.45, 7) is 5.81. The molecule has 9 nitrogen and oxygen atoms in total.